The molecule has 2 rings (SSSR count). The summed E-state index contributed by atoms with van der Waals surface area (Å²) in [5, 5.41) is 2.36. The third-order valence-electron chi connectivity index (χ3n) is 2.98. The zero-order chi connectivity index (χ0) is 17.5. The van der Waals surface area contributed by atoms with Crippen LogP contribution in [0.5, 0.6) is 5.75 Å². The molecule has 0 unspecified atom stereocenters. The van der Waals surface area contributed by atoms with Gasteiger partial charge in [-0.25, -0.2) is 9.18 Å². The molecule has 0 radical (unpaired) electrons. The van der Waals surface area contributed by atoms with Crippen molar-refractivity contribution in [3.63, 3.8) is 0 Å². The Kier molecular flexibility index (Phi) is 6.31. The molecule has 0 saturated heterocycles. The van der Waals surface area contributed by atoms with Gasteiger partial charge in [0.15, 0.2) is 12.7 Å². The summed E-state index contributed by atoms with van der Waals surface area (Å²) in [6.45, 7) is 1.06. The van der Waals surface area contributed by atoms with Gasteiger partial charge in [0.05, 0.1) is 5.69 Å². The minimum atomic E-state index is -1.08. The number of carbonyl (C=O) groups is 2. The summed E-state index contributed by atoms with van der Waals surface area (Å²) in [7, 11) is 0. The number of anilines is 1. The van der Waals surface area contributed by atoms with Crippen LogP contribution in [0.25, 0.3) is 0 Å². The van der Waals surface area contributed by atoms with Crippen molar-refractivity contribution >= 4 is 33.5 Å². The Balaban J connectivity index is 1.81. The molecule has 0 aromatic heterocycles. The number of nitrogens with one attached hydrogen (secondary N) is 1. The smallest absolute Gasteiger partial charge is 0.344 e. The Morgan fingerprint density at radius 1 is 1.17 bits per heavy atom. The highest BCUT2D eigenvalue weighted by molar-refractivity contribution is 9.10. The predicted octanol–water partition coefficient (Wildman–Crippen LogP) is 3.54. The molecular weight excluding hydrogens is 381 g/mol. The van der Waals surface area contributed by atoms with Crippen LogP contribution in [0.1, 0.15) is 6.92 Å². The van der Waals surface area contributed by atoms with Crippen molar-refractivity contribution in [1.82, 2.24) is 0 Å². The number of ether oxygens (including phenoxy) is 2. The van der Waals surface area contributed by atoms with E-state index in [1.165, 1.54) is 25.1 Å². The summed E-state index contributed by atoms with van der Waals surface area (Å²) in [5.74, 6) is -1.40. The van der Waals surface area contributed by atoms with E-state index in [-0.39, 0.29) is 12.3 Å². The highest BCUT2D eigenvalue weighted by atomic mass is 79.9. The number of para-hydroxylation sites is 1. The van der Waals surface area contributed by atoms with Crippen LogP contribution in [0.2, 0.25) is 0 Å². The molecule has 2 aromatic rings. The first-order chi connectivity index (χ1) is 11.5. The molecule has 1 atom stereocenters. The number of hydrogen-bond donors (Lipinski definition) is 1. The average molecular weight is 396 g/mol. The molecule has 24 heavy (non-hydrogen) atoms. The van der Waals surface area contributed by atoms with Crippen molar-refractivity contribution in [3.05, 3.63) is 58.8 Å². The lowest BCUT2D eigenvalue weighted by atomic mass is 10.3. The number of amides is 1. The lowest BCUT2D eigenvalue weighted by Gasteiger charge is -2.14. The first kappa shape index (κ1) is 17.9. The largest absolute Gasteiger partial charge is 0.482 e. The van der Waals surface area contributed by atoms with Crippen molar-refractivity contribution in [3.8, 4) is 5.75 Å². The molecule has 0 bridgehead atoms. The Morgan fingerprint density at radius 3 is 2.50 bits per heavy atom. The fraction of sp³-hybridized carbons (Fsp3) is 0.176. The van der Waals surface area contributed by atoms with Crippen LogP contribution in [0.4, 0.5) is 10.1 Å². The molecule has 0 heterocycles. The van der Waals surface area contributed by atoms with Crippen LogP contribution < -0.4 is 10.1 Å². The fourth-order valence-electron chi connectivity index (χ4n) is 1.75. The van der Waals surface area contributed by atoms with Crippen molar-refractivity contribution in [2.24, 2.45) is 0 Å². The summed E-state index contributed by atoms with van der Waals surface area (Å²) >= 11 is 3.29. The van der Waals surface area contributed by atoms with E-state index in [9.17, 15) is 14.0 Å². The van der Waals surface area contributed by atoms with E-state index < -0.39 is 23.8 Å². The van der Waals surface area contributed by atoms with Gasteiger partial charge in [0, 0.05) is 4.47 Å². The zero-order valence-electron chi connectivity index (χ0n) is 12.8. The van der Waals surface area contributed by atoms with Crippen LogP contribution in [-0.2, 0) is 14.3 Å². The monoisotopic (exact) mass is 395 g/mol. The van der Waals surface area contributed by atoms with Gasteiger partial charge in [-0.3, -0.25) is 4.79 Å². The van der Waals surface area contributed by atoms with E-state index in [0.29, 0.717) is 5.75 Å². The molecule has 0 saturated carbocycles. The average Bonchev–Trinajstić information content (AvgIpc) is 2.56. The molecule has 2 aromatic carbocycles. The second-order valence-corrected chi connectivity index (χ2v) is 5.76. The molecule has 126 valence electrons. The Bertz CT molecular complexity index is 721. The number of esters is 1. The van der Waals surface area contributed by atoms with Gasteiger partial charge in [0.2, 0.25) is 0 Å². The third-order valence-corrected chi connectivity index (χ3v) is 3.51. The number of benzene rings is 2. The van der Waals surface area contributed by atoms with Crippen molar-refractivity contribution in [1.29, 1.82) is 0 Å². The first-order valence-electron chi connectivity index (χ1n) is 7.09. The maximum absolute atomic E-state index is 13.5. The van der Waals surface area contributed by atoms with E-state index >= 15 is 0 Å². The minimum absolute atomic E-state index is 0.0245. The molecule has 0 aliphatic carbocycles. The van der Waals surface area contributed by atoms with Crippen LogP contribution in [-0.4, -0.2) is 24.6 Å². The Morgan fingerprint density at radius 2 is 1.83 bits per heavy atom. The maximum atomic E-state index is 13.5. The Hall–Kier alpha value is -2.41. The van der Waals surface area contributed by atoms with Crippen molar-refractivity contribution in [2.75, 3.05) is 11.9 Å². The van der Waals surface area contributed by atoms with E-state index in [1.807, 2.05) is 0 Å². The number of rotatable bonds is 6. The van der Waals surface area contributed by atoms with Crippen LogP contribution >= 0.6 is 15.9 Å². The van der Waals surface area contributed by atoms with E-state index in [2.05, 4.69) is 21.2 Å². The van der Waals surface area contributed by atoms with Gasteiger partial charge in [-0.05, 0) is 43.3 Å². The Labute approximate surface area is 146 Å². The van der Waals surface area contributed by atoms with Crippen LogP contribution in [0, 0.1) is 5.82 Å². The lowest BCUT2D eigenvalue weighted by molar-refractivity contribution is -0.155. The number of hydrogen-bond acceptors (Lipinski definition) is 4. The minimum Gasteiger partial charge on any atom is -0.482 e. The molecule has 0 spiro atoms. The summed E-state index contributed by atoms with van der Waals surface area (Å²) < 4.78 is 24.6. The summed E-state index contributed by atoms with van der Waals surface area (Å²) in [4.78, 5) is 23.6. The predicted molar refractivity (Wildman–Crippen MR) is 90.2 cm³/mol. The SMILES string of the molecule is C[C@H](OC(=O)COc1ccc(Br)cc1)C(=O)Nc1ccccc1F. The molecule has 1 amide bonds. The first-order valence-corrected chi connectivity index (χ1v) is 7.88. The molecule has 1 N–H and O–H groups in total. The normalized spacial score (nSPS) is 11.5. The summed E-state index contributed by atoms with van der Waals surface area (Å²) in [5.41, 5.74) is 0.0245. The van der Waals surface area contributed by atoms with Gasteiger partial charge >= 0.3 is 5.97 Å². The standard InChI is InChI=1S/C17H15BrFNO4/c1-11(17(22)20-15-5-3-2-4-14(15)19)24-16(21)10-23-13-8-6-12(18)7-9-13/h2-9,11H,10H2,1H3,(H,20,22)/t11-/m0/s1. The van der Waals surface area contributed by atoms with Gasteiger partial charge in [0.1, 0.15) is 11.6 Å². The molecule has 0 aliphatic rings. The highest BCUT2D eigenvalue weighted by Gasteiger charge is 2.19. The van der Waals surface area contributed by atoms with Gasteiger partial charge in [-0.15, -0.1) is 0 Å². The zero-order valence-corrected chi connectivity index (χ0v) is 14.4. The second-order valence-electron chi connectivity index (χ2n) is 4.84. The van der Waals surface area contributed by atoms with Crippen LogP contribution in [0.15, 0.2) is 53.0 Å². The highest BCUT2D eigenvalue weighted by Crippen LogP contribution is 2.16. The maximum Gasteiger partial charge on any atom is 0.344 e. The molecule has 0 fully saturated rings. The summed E-state index contributed by atoms with van der Waals surface area (Å²) in [6.07, 6.45) is -1.08. The van der Waals surface area contributed by atoms with Gasteiger partial charge in [-0.1, -0.05) is 28.1 Å². The van der Waals surface area contributed by atoms with E-state index in [4.69, 9.17) is 9.47 Å². The van der Waals surface area contributed by atoms with Crippen LogP contribution in [0.3, 0.4) is 0 Å². The number of halogens is 2. The molecular formula is C17H15BrFNO4. The quantitative estimate of drug-likeness (QED) is 0.759. The van der Waals surface area contributed by atoms with Crippen molar-refractivity contribution < 1.29 is 23.5 Å². The lowest BCUT2D eigenvalue weighted by Crippen LogP contribution is -2.31. The van der Waals surface area contributed by atoms with E-state index in [1.54, 1.807) is 30.3 Å². The van der Waals surface area contributed by atoms with Gasteiger partial charge in [-0.2, -0.15) is 0 Å². The van der Waals surface area contributed by atoms with Gasteiger partial charge in [0.25, 0.3) is 5.91 Å². The molecule has 0 aliphatic heterocycles. The van der Waals surface area contributed by atoms with E-state index in [0.717, 1.165) is 4.47 Å². The fourth-order valence-corrected chi connectivity index (χ4v) is 2.02. The van der Waals surface area contributed by atoms with Gasteiger partial charge < -0.3 is 14.8 Å². The topological polar surface area (TPSA) is 64.6 Å². The van der Waals surface area contributed by atoms with Crippen molar-refractivity contribution in [2.45, 2.75) is 13.0 Å². The second kappa shape index (κ2) is 8.44. The number of carbonyl (C=O) groups excluding carboxylic acids is 2. The molecule has 5 nitrogen and oxygen atoms in total. The third kappa shape index (κ3) is 5.34. The summed E-state index contributed by atoms with van der Waals surface area (Å²) in [6, 6.07) is 12.6. The molecule has 7 heteroatoms.